The summed E-state index contributed by atoms with van der Waals surface area (Å²) in [7, 11) is 1.70. The first kappa shape index (κ1) is 12.4. The highest BCUT2D eigenvalue weighted by molar-refractivity contribution is 8.09. The van der Waals surface area contributed by atoms with Crippen molar-refractivity contribution in [2.24, 2.45) is 16.5 Å². The van der Waals surface area contributed by atoms with Gasteiger partial charge in [-0.05, 0) is 6.92 Å². The first-order valence-corrected chi connectivity index (χ1v) is 5.38. The maximum absolute atomic E-state index is 11.2. The van der Waals surface area contributed by atoms with Crippen LogP contribution in [0.15, 0.2) is 39.0 Å². The van der Waals surface area contributed by atoms with E-state index in [0.717, 1.165) is 0 Å². The van der Waals surface area contributed by atoms with E-state index in [9.17, 15) is 4.79 Å². The summed E-state index contributed by atoms with van der Waals surface area (Å²) in [5.74, 6) is -0.492. The Morgan fingerprint density at radius 3 is 2.62 bits per heavy atom. The number of thioether (sulfide) groups is 1. The number of rotatable bonds is 3. The molecule has 0 fully saturated rings. The van der Waals surface area contributed by atoms with Crippen LogP contribution >= 0.6 is 11.8 Å². The number of nitrogens with one attached hydrogen (secondary N) is 1. The maximum atomic E-state index is 11.2. The molecule has 1 aliphatic heterocycles. The summed E-state index contributed by atoms with van der Waals surface area (Å²) >= 11 is 1.21. The average Bonchev–Trinajstić information content (AvgIpc) is 2.51. The lowest BCUT2D eigenvalue weighted by Crippen LogP contribution is -2.19. The highest BCUT2D eigenvalue weighted by Gasteiger charge is 2.27. The average molecular weight is 238 g/mol. The van der Waals surface area contributed by atoms with Gasteiger partial charge in [-0.25, -0.2) is 0 Å². The van der Waals surface area contributed by atoms with Crippen molar-refractivity contribution in [1.82, 2.24) is 5.32 Å². The van der Waals surface area contributed by atoms with E-state index >= 15 is 0 Å². The summed E-state index contributed by atoms with van der Waals surface area (Å²) in [6, 6.07) is 0. The Morgan fingerprint density at radius 2 is 2.19 bits per heavy atom. The van der Waals surface area contributed by atoms with Gasteiger partial charge in [0, 0.05) is 23.8 Å². The number of nitrogens with two attached hydrogens (primary N) is 2. The topological polar surface area (TPSA) is 93.5 Å². The number of nitrogens with zero attached hydrogens (tertiary/aromatic N) is 1. The number of amides is 1. The number of aliphatic imine (C=N–C) groups is 1. The summed E-state index contributed by atoms with van der Waals surface area (Å²) in [5.41, 5.74) is 12.5. The molecule has 0 saturated carbocycles. The Hall–Kier alpha value is -1.69. The molecule has 1 amide bonds. The van der Waals surface area contributed by atoms with Crippen molar-refractivity contribution >= 4 is 23.4 Å². The van der Waals surface area contributed by atoms with Gasteiger partial charge in [-0.3, -0.25) is 9.79 Å². The van der Waals surface area contributed by atoms with Crippen LogP contribution in [0.3, 0.4) is 0 Å². The van der Waals surface area contributed by atoms with Crippen molar-refractivity contribution in [2.45, 2.75) is 6.92 Å². The molecule has 0 aromatic heterocycles. The Labute approximate surface area is 98.4 Å². The minimum Gasteiger partial charge on any atom is -0.401 e. The van der Waals surface area contributed by atoms with Crippen molar-refractivity contribution in [3.8, 4) is 0 Å². The number of allylic oxidation sites excluding steroid dienone is 2. The predicted octanol–water partition coefficient (Wildman–Crippen LogP) is 0.424. The monoisotopic (exact) mass is 238 g/mol. The summed E-state index contributed by atoms with van der Waals surface area (Å²) < 4.78 is 0. The van der Waals surface area contributed by atoms with Crippen molar-refractivity contribution in [3.05, 3.63) is 34.0 Å². The van der Waals surface area contributed by atoms with E-state index in [4.69, 9.17) is 11.5 Å². The fraction of sp³-hybridized carbons (Fsp3) is 0.200. The summed E-state index contributed by atoms with van der Waals surface area (Å²) in [5, 5.41) is 2.90. The lowest BCUT2D eigenvalue weighted by Gasteiger charge is -2.03. The molecular formula is C10H14N4OS. The van der Waals surface area contributed by atoms with Gasteiger partial charge in [-0.15, -0.1) is 0 Å². The number of primary amides is 1. The Kier molecular flexibility index (Phi) is 3.78. The van der Waals surface area contributed by atoms with Crippen molar-refractivity contribution < 1.29 is 4.79 Å². The van der Waals surface area contributed by atoms with Gasteiger partial charge in [0.05, 0.1) is 5.70 Å². The predicted molar refractivity (Wildman–Crippen MR) is 67.4 cm³/mol. The van der Waals surface area contributed by atoms with Gasteiger partial charge in [-0.2, -0.15) is 0 Å². The minimum atomic E-state index is -0.492. The van der Waals surface area contributed by atoms with E-state index in [2.05, 4.69) is 16.9 Å². The van der Waals surface area contributed by atoms with Crippen molar-refractivity contribution in [1.29, 1.82) is 0 Å². The summed E-state index contributed by atoms with van der Waals surface area (Å²) in [4.78, 5) is 16.4. The number of carbonyl (C=O) groups is 1. The van der Waals surface area contributed by atoms with E-state index in [1.54, 1.807) is 14.0 Å². The molecule has 0 aromatic rings. The fourth-order valence-corrected chi connectivity index (χ4v) is 2.08. The van der Waals surface area contributed by atoms with E-state index in [1.165, 1.54) is 18.0 Å². The van der Waals surface area contributed by atoms with Crippen LogP contribution in [-0.2, 0) is 4.79 Å². The van der Waals surface area contributed by atoms with E-state index in [1.807, 2.05) is 0 Å². The molecule has 16 heavy (non-hydrogen) atoms. The standard InChI is InChI=1S/C10H14N4OS/c1-5(11)4-14-7-6(2)16-9(10(12)15)8(7)13-3/h4,13H,2,11H2,1,3H3,(H2,12,15)/b5-4-,14-7?. The first-order chi connectivity index (χ1) is 7.47. The molecule has 0 bridgehead atoms. The highest BCUT2D eigenvalue weighted by Crippen LogP contribution is 2.36. The third kappa shape index (κ3) is 2.46. The molecule has 0 atom stereocenters. The first-order valence-electron chi connectivity index (χ1n) is 4.56. The van der Waals surface area contributed by atoms with Gasteiger partial charge in [0.2, 0.25) is 0 Å². The Morgan fingerprint density at radius 1 is 1.56 bits per heavy atom. The second-order valence-electron chi connectivity index (χ2n) is 3.19. The smallest absolute Gasteiger partial charge is 0.257 e. The van der Waals surface area contributed by atoms with Crippen LogP contribution in [0.4, 0.5) is 0 Å². The molecule has 0 aromatic carbocycles. The van der Waals surface area contributed by atoms with Crippen LogP contribution in [0.5, 0.6) is 0 Å². The van der Waals surface area contributed by atoms with Crippen LogP contribution < -0.4 is 16.8 Å². The van der Waals surface area contributed by atoms with E-state index in [-0.39, 0.29) is 0 Å². The molecule has 1 heterocycles. The third-order valence-corrected chi connectivity index (χ3v) is 2.87. The van der Waals surface area contributed by atoms with Crippen LogP contribution in [0.25, 0.3) is 0 Å². The zero-order valence-electron chi connectivity index (χ0n) is 9.20. The lowest BCUT2D eigenvalue weighted by atomic mass is 10.2. The van der Waals surface area contributed by atoms with E-state index < -0.39 is 5.91 Å². The van der Waals surface area contributed by atoms with Gasteiger partial charge in [-0.1, -0.05) is 18.3 Å². The van der Waals surface area contributed by atoms with Crippen LogP contribution in [0.1, 0.15) is 6.92 Å². The van der Waals surface area contributed by atoms with E-state index in [0.29, 0.717) is 26.9 Å². The third-order valence-electron chi connectivity index (χ3n) is 1.82. The number of carbonyl (C=O) groups excluding carboxylic acids is 1. The summed E-state index contributed by atoms with van der Waals surface area (Å²) in [6.07, 6.45) is 1.52. The molecular weight excluding hydrogens is 224 g/mol. The molecule has 5 N–H and O–H groups in total. The minimum absolute atomic E-state index is 0.425. The van der Waals surface area contributed by atoms with Crippen molar-refractivity contribution in [2.75, 3.05) is 7.05 Å². The Balaban J connectivity index is 3.19. The maximum Gasteiger partial charge on any atom is 0.257 e. The molecule has 1 aliphatic rings. The molecule has 6 heteroatoms. The van der Waals surface area contributed by atoms with Gasteiger partial charge in [0.1, 0.15) is 10.6 Å². The highest BCUT2D eigenvalue weighted by atomic mass is 32.2. The van der Waals surface area contributed by atoms with Gasteiger partial charge in [0.15, 0.2) is 0 Å². The SMILES string of the molecule is C=C1SC(C(N)=O)=C(NC)C1=N/C=C(/C)N. The molecule has 1 rings (SSSR count). The molecule has 0 saturated heterocycles. The largest absolute Gasteiger partial charge is 0.401 e. The molecule has 5 nitrogen and oxygen atoms in total. The Bertz CT molecular complexity index is 430. The van der Waals surface area contributed by atoms with Gasteiger partial charge >= 0.3 is 0 Å². The van der Waals surface area contributed by atoms with Crippen LogP contribution in [-0.4, -0.2) is 18.7 Å². The molecule has 0 radical (unpaired) electrons. The number of hydrogen-bond acceptors (Lipinski definition) is 5. The number of hydrogen-bond donors (Lipinski definition) is 3. The zero-order valence-corrected chi connectivity index (χ0v) is 10.0. The van der Waals surface area contributed by atoms with Crippen LogP contribution in [0, 0.1) is 0 Å². The second kappa shape index (κ2) is 4.89. The second-order valence-corrected chi connectivity index (χ2v) is 4.30. The molecule has 0 aliphatic carbocycles. The van der Waals surface area contributed by atoms with Gasteiger partial charge < -0.3 is 16.8 Å². The van der Waals surface area contributed by atoms with Crippen molar-refractivity contribution in [3.63, 3.8) is 0 Å². The summed E-state index contributed by atoms with van der Waals surface area (Å²) in [6.45, 7) is 5.55. The quantitative estimate of drug-likeness (QED) is 0.664. The lowest BCUT2D eigenvalue weighted by molar-refractivity contribution is -0.113. The van der Waals surface area contributed by atoms with Crippen LogP contribution in [0.2, 0.25) is 0 Å². The fourth-order valence-electron chi connectivity index (χ4n) is 1.18. The molecule has 0 unspecified atom stereocenters. The molecule has 0 spiro atoms. The normalized spacial score (nSPS) is 19.5. The van der Waals surface area contributed by atoms with Gasteiger partial charge in [0.25, 0.3) is 5.91 Å². The zero-order chi connectivity index (χ0) is 12.3. The molecule has 86 valence electrons.